The van der Waals surface area contributed by atoms with Crippen LogP contribution in [0, 0.1) is 0 Å². The predicted molar refractivity (Wildman–Crippen MR) is 218 cm³/mol. The van der Waals surface area contributed by atoms with Crippen molar-refractivity contribution in [2.24, 2.45) is 9.98 Å². The van der Waals surface area contributed by atoms with Crippen molar-refractivity contribution in [1.82, 2.24) is 20.4 Å². The molecule has 2 atom stereocenters. The molecule has 2 rings (SSSR count). The summed E-state index contributed by atoms with van der Waals surface area (Å²) in [5, 5.41) is 7.80. The van der Waals surface area contributed by atoms with Gasteiger partial charge in [0.1, 0.15) is 5.84 Å². The van der Waals surface area contributed by atoms with Gasteiger partial charge in [-0.05, 0) is 77.3 Å². The fourth-order valence-electron chi connectivity index (χ4n) is 5.32. The molecule has 2 N–H and O–H groups in total. The Morgan fingerprint density at radius 1 is 1.06 bits per heavy atom. The Kier molecular flexibility index (Phi) is 28.6. The van der Waals surface area contributed by atoms with Gasteiger partial charge >= 0.3 is 0 Å². The molecule has 7 heteroatoms. The van der Waals surface area contributed by atoms with Crippen LogP contribution in [0.25, 0.3) is 0 Å². The zero-order valence-electron chi connectivity index (χ0n) is 32.1. The second-order valence-electron chi connectivity index (χ2n) is 11.2. The van der Waals surface area contributed by atoms with E-state index >= 15 is 0 Å². The summed E-state index contributed by atoms with van der Waals surface area (Å²) in [7, 11) is 3.78. The molecule has 1 saturated heterocycles. The smallest absolute Gasteiger partial charge is 0.125 e. The monoisotopic (exact) mass is 681 g/mol. The summed E-state index contributed by atoms with van der Waals surface area (Å²) in [5.74, 6) is 0.973. The Hall–Kier alpha value is -2.77. The summed E-state index contributed by atoms with van der Waals surface area (Å²) in [5.41, 5.74) is 3.94. The Morgan fingerprint density at radius 3 is 2.44 bits per heavy atom. The minimum absolute atomic E-state index is 0.189. The fourth-order valence-corrected chi connectivity index (χ4v) is 5.48. The normalized spacial score (nSPS) is 18.4. The number of amidine groups is 1. The molecule has 0 amide bonds. The van der Waals surface area contributed by atoms with Gasteiger partial charge in [-0.1, -0.05) is 106 Å². The van der Waals surface area contributed by atoms with E-state index < -0.39 is 0 Å². The maximum atomic E-state index is 6.33. The van der Waals surface area contributed by atoms with Crippen molar-refractivity contribution in [2.75, 3.05) is 59.9 Å². The molecule has 1 aliphatic carbocycles. The summed E-state index contributed by atoms with van der Waals surface area (Å²) in [6, 6.07) is 0.564. The van der Waals surface area contributed by atoms with Gasteiger partial charge in [0.25, 0.3) is 0 Å². The van der Waals surface area contributed by atoms with Crippen LogP contribution in [0.3, 0.4) is 0 Å². The zero-order chi connectivity index (χ0) is 36.0. The number of hydrogen-bond donors (Lipinski definition) is 2. The van der Waals surface area contributed by atoms with E-state index in [0.717, 1.165) is 82.4 Å². The van der Waals surface area contributed by atoms with Crippen LogP contribution in [0.15, 0.2) is 105 Å². The lowest BCUT2D eigenvalue weighted by Gasteiger charge is -2.40. The molecule has 0 aromatic heterocycles. The molecule has 48 heavy (non-hydrogen) atoms. The average molecular weight is 681 g/mol. The first-order valence-electron chi connectivity index (χ1n) is 18.3. The van der Waals surface area contributed by atoms with Crippen LogP contribution < -0.4 is 10.6 Å². The highest BCUT2D eigenvalue weighted by Gasteiger charge is 2.25. The van der Waals surface area contributed by atoms with Gasteiger partial charge < -0.3 is 10.6 Å². The van der Waals surface area contributed by atoms with Crippen molar-refractivity contribution in [3.05, 3.63) is 94.7 Å². The molecule has 0 aromatic rings. The Bertz CT molecular complexity index is 1140. The van der Waals surface area contributed by atoms with Gasteiger partial charge in [-0.3, -0.25) is 19.8 Å². The molecular formula is C41H69ClN6. The Balaban J connectivity index is 0.00000531. The molecule has 0 bridgehead atoms. The molecule has 1 aliphatic heterocycles. The lowest BCUT2D eigenvalue weighted by atomic mass is 9.97. The topological polar surface area (TPSA) is 55.3 Å². The number of likely N-dealkylation sites (N-methyl/N-ethyl adjacent to an activating group) is 1. The number of rotatable bonds is 17. The number of halogens is 1. The van der Waals surface area contributed by atoms with Crippen LogP contribution in [0.2, 0.25) is 0 Å². The highest BCUT2D eigenvalue weighted by atomic mass is 35.5. The summed E-state index contributed by atoms with van der Waals surface area (Å²) < 4.78 is 0. The maximum Gasteiger partial charge on any atom is 0.125 e. The van der Waals surface area contributed by atoms with Crippen molar-refractivity contribution in [3.63, 3.8) is 0 Å². The van der Waals surface area contributed by atoms with E-state index in [1.165, 1.54) is 16.7 Å². The Labute approximate surface area is 301 Å². The number of hydrogen-bond acceptors (Lipinski definition) is 5. The molecular weight excluding hydrogens is 612 g/mol. The van der Waals surface area contributed by atoms with Gasteiger partial charge in [0.15, 0.2) is 0 Å². The third-order valence-corrected chi connectivity index (χ3v) is 8.18. The van der Waals surface area contributed by atoms with E-state index in [9.17, 15) is 0 Å². The van der Waals surface area contributed by atoms with Crippen LogP contribution in [0.1, 0.15) is 81.1 Å². The van der Waals surface area contributed by atoms with Crippen molar-refractivity contribution >= 4 is 23.7 Å². The number of nitrogens with one attached hydrogen (secondary N) is 2. The van der Waals surface area contributed by atoms with Gasteiger partial charge in [-0.25, -0.2) is 0 Å². The number of aliphatic imine (C=N–C) groups is 2. The summed E-state index contributed by atoms with van der Waals surface area (Å²) >= 11 is 6.33. The first-order chi connectivity index (χ1) is 23.4. The lowest BCUT2D eigenvalue weighted by Crippen LogP contribution is -2.51. The summed E-state index contributed by atoms with van der Waals surface area (Å²) in [6.45, 7) is 23.3. The minimum Gasteiger partial charge on any atom is -0.370 e. The first-order valence-corrected chi connectivity index (χ1v) is 18.7. The standard InChI is InChI=1S/C37H57ClN6.2C2H6/c1-7-9-19-35(32(4)40-6)37(41-24-12-10-11-23-39-5)42-25-26-43-27-29-44(30-28-43)36(20-13-16-31(3)15-8-2)33-17-14-18-34(38)22-21-33;2*1-2/h7,9-11,13-16,18-19,21-23,32,36,40H,8,12,17,20,24-30H2,1-6H3,(H,41,42);2*1-2H3/b9-7-,11-10-,16-13-,31-15-,35-19+,39-23?;;. The van der Waals surface area contributed by atoms with Crippen molar-refractivity contribution in [1.29, 1.82) is 0 Å². The molecule has 0 saturated carbocycles. The van der Waals surface area contributed by atoms with Gasteiger partial charge in [0.05, 0.1) is 6.54 Å². The molecule has 1 fully saturated rings. The highest BCUT2D eigenvalue weighted by Crippen LogP contribution is 2.24. The largest absolute Gasteiger partial charge is 0.370 e. The molecule has 2 unspecified atom stereocenters. The van der Waals surface area contributed by atoms with Gasteiger partial charge in [-0.15, -0.1) is 0 Å². The number of piperazine rings is 1. The molecule has 2 aliphatic rings. The van der Waals surface area contributed by atoms with E-state index in [-0.39, 0.29) is 6.04 Å². The number of nitrogens with zero attached hydrogens (tertiary/aromatic N) is 4. The van der Waals surface area contributed by atoms with Crippen molar-refractivity contribution < 1.29 is 0 Å². The third kappa shape index (κ3) is 19.3. The van der Waals surface area contributed by atoms with E-state index in [0.29, 0.717) is 6.04 Å². The molecule has 270 valence electrons. The average Bonchev–Trinajstić information content (AvgIpc) is 3.34. The van der Waals surface area contributed by atoms with Crippen LogP contribution in [0.4, 0.5) is 0 Å². The summed E-state index contributed by atoms with van der Waals surface area (Å²) in [6.07, 6.45) is 31.6. The van der Waals surface area contributed by atoms with Crippen molar-refractivity contribution in [2.45, 2.75) is 93.2 Å². The van der Waals surface area contributed by atoms with E-state index in [2.05, 4.69) is 101 Å². The second-order valence-corrected chi connectivity index (χ2v) is 11.7. The number of allylic oxidation sites excluding steroid dienone is 12. The third-order valence-electron chi connectivity index (χ3n) is 7.93. The van der Waals surface area contributed by atoms with E-state index in [4.69, 9.17) is 16.6 Å². The lowest BCUT2D eigenvalue weighted by molar-refractivity contribution is 0.110. The molecule has 1 heterocycles. The maximum absolute atomic E-state index is 6.33. The van der Waals surface area contributed by atoms with E-state index in [1.54, 1.807) is 7.05 Å². The molecule has 0 spiro atoms. The van der Waals surface area contributed by atoms with Crippen LogP contribution in [0.5, 0.6) is 0 Å². The second kappa shape index (κ2) is 30.3. The van der Waals surface area contributed by atoms with Crippen LogP contribution >= 0.6 is 11.6 Å². The minimum atomic E-state index is 0.189. The molecule has 0 radical (unpaired) electrons. The Morgan fingerprint density at radius 2 is 1.79 bits per heavy atom. The first kappa shape index (κ1) is 45.2. The molecule has 0 aromatic carbocycles. The quantitative estimate of drug-likeness (QED) is 0.0697. The predicted octanol–water partition coefficient (Wildman–Crippen LogP) is 9.08. The zero-order valence-corrected chi connectivity index (χ0v) is 32.9. The SMILES string of the molecule is C/C=C\C=C(\C(=NCCN1CCN(C(C/C=C\C(C)=C/CC)C2=CC=C(Cl)C=CC2)CC1)NCC/C=C\C=NC)C(C)NC.CC.CC. The van der Waals surface area contributed by atoms with Gasteiger partial charge in [0, 0.05) is 75.2 Å². The molecule has 6 nitrogen and oxygen atoms in total. The summed E-state index contributed by atoms with van der Waals surface area (Å²) in [4.78, 5) is 14.3. The fraction of sp³-hybridized carbons (Fsp3) is 0.561. The van der Waals surface area contributed by atoms with Crippen molar-refractivity contribution in [3.8, 4) is 0 Å². The van der Waals surface area contributed by atoms with Gasteiger partial charge in [0.2, 0.25) is 0 Å². The van der Waals surface area contributed by atoms with Gasteiger partial charge in [-0.2, -0.15) is 0 Å². The van der Waals surface area contributed by atoms with Crippen LogP contribution in [-0.2, 0) is 0 Å². The highest BCUT2D eigenvalue weighted by molar-refractivity contribution is 6.31. The van der Waals surface area contributed by atoms with Crippen LogP contribution in [-0.4, -0.2) is 93.8 Å². The van der Waals surface area contributed by atoms with E-state index in [1.807, 2.05) is 66.1 Å².